The zero-order valence-electron chi connectivity index (χ0n) is 11.8. The fraction of sp³-hybridized carbons (Fsp3) is 0.714. The lowest BCUT2D eigenvalue weighted by Crippen LogP contribution is -2.37. The zero-order chi connectivity index (χ0) is 13.4. The molecule has 0 aromatic carbocycles. The first-order valence-corrected chi connectivity index (χ1v) is 6.96. The minimum absolute atomic E-state index is 0.207. The van der Waals surface area contributed by atoms with Gasteiger partial charge in [0, 0.05) is 19.3 Å². The Morgan fingerprint density at radius 2 is 2.00 bits per heavy atom. The van der Waals surface area contributed by atoms with Gasteiger partial charge in [-0.3, -0.25) is 4.90 Å². The molecular formula is C14H26N4. The van der Waals surface area contributed by atoms with Crippen molar-refractivity contribution in [1.82, 2.24) is 14.9 Å². The smallest absolute Gasteiger partial charge is 0.115 e. The molecule has 1 heterocycles. The van der Waals surface area contributed by atoms with Crippen LogP contribution in [-0.4, -0.2) is 34.5 Å². The van der Waals surface area contributed by atoms with E-state index in [1.165, 1.54) is 12.8 Å². The number of hydrogen-bond donors (Lipinski definition) is 1. The van der Waals surface area contributed by atoms with Crippen LogP contribution < -0.4 is 5.73 Å². The molecule has 1 atom stereocenters. The molecule has 102 valence electrons. The van der Waals surface area contributed by atoms with E-state index in [1.54, 1.807) is 12.5 Å². The molecule has 18 heavy (non-hydrogen) atoms. The van der Waals surface area contributed by atoms with Gasteiger partial charge in [0.05, 0.1) is 11.7 Å². The van der Waals surface area contributed by atoms with Crippen LogP contribution in [0.2, 0.25) is 0 Å². The number of aromatic nitrogens is 2. The molecule has 0 saturated carbocycles. The van der Waals surface area contributed by atoms with E-state index in [-0.39, 0.29) is 6.04 Å². The molecule has 0 radical (unpaired) electrons. The molecule has 0 spiro atoms. The van der Waals surface area contributed by atoms with Gasteiger partial charge in [-0.2, -0.15) is 0 Å². The van der Waals surface area contributed by atoms with Crippen LogP contribution in [0, 0.1) is 5.92 Å². The molecule has 0 amide bonds. The molecule has 0 aliphatic rings. The van der Waals surface area contributed by atoms with Crippen molar-refractivity contribution < 1.29 is 0 Å². The first-order valence-electron chi connectivity index (χ1n) is 6.96. The third kappa shape index (κ3) is 4.03. The fourth-order valence-corrected chi connectivity index (χ4v) is 2.31. The van der Waals surface area contributed by atoms with Gasteiger partial charge < -0.3 is 5.73 Å². The number of hydrogen-bond acceptors (Lipinski definition) is 4. The van der Waals surface area contributed by atoms with E-state index < -0.39 is 0 Å². The second-order valence-corrected chi connectivity index (χ2v) is 4.66. The van der Waals surface area contributed by atoms with Crippen molar-refractivity contribution in [2.45, 2.75) is 39.7 Å². The van der Waals surface area contributed by atoms with Crippen molar-refractivity contribution in [3.63, 3.8) is 0 Å². The Bertz CT molecular complexity index is 311. The molecule has 0 bridgehead atoms. The van der Waals surface area contributed by atoms with Crippen LogP contribution in [0.1, 0.15) is 45.3 Å². The van der Waals surface area contributed by atoms with Crippen LogP contribution in [0.3, 0.4) is 0 Å². The van der Waals surface area contributed by atoms with E-state index in [9.17, 15) is 0 Å². The molecule has 1 aromatic heterocycles. The molecule has 4 heteroatoms. The van der Waals surface area contributed by atoms with E-state index in [2.05, 4.69) is 35.6 Å². The standard InChI is InChI=1S/C14H26N4/c1-4-12(5-2)10-18(6-3)14(9-15)13-7-8-16-11-17-13/h7-8,11-12,14H,4-6,9-10,15H2,1-3H3. The van der Waals surface area contributed by atoms with Crippen LogP contribution in [0.25, 0.3) is 0 Å². The molecular weight excluding hydrogens is 224 g/mol. The minimum atomic E-state index is 0.207. The monoisotopic (exact) mass is 250 g/mol. The molecule has 0 aliphatic heterocycles. The lowest BCUT2D eigenvalue weighted by Gasteiger charge is -2.32. The SMILES string of the molecule is CCC(CC)CN(CC)C(CN)c1ccncn1. The molecule has 1 rings (SSSR count). The molecule has 4 nitrogen and oxygen atoms in total. The zero-order valence-corrected chi connectivity index (χ0v) is 11.8. The summed E-state index contributed by atoms with van der Waals surface area (Å²) in [6.45, 7) is 9.39. The second-order valence-electron chi connectivity index (χ2n) is 4.66. The van der Waals surface area contributed by atoms with Crippen molar-refractivity contribution >= 4 is 0 Å². The Kier molecular flexibility index (Phi) is 6.83. The van der Waals surface area contributed by atoms with Crippen molar-refractivity contribution in [2.75, 3.05) is 19.6 Å². The van der Waals surface area contributed by atoms with Gasteiger partial charge >= 0.3 is 0 Å². The topological polar surface area (TPSA) is 55.0 Å². The summed E-state index contributed by atoms with van der Waals surface area (Å²) in [4.78, 5) is 10.7. The minimum Gasteiger partial charge on any atom is -0.329 e. The molecule has 0 saturated heterocycles. The maximum Gasteiger partial charge on any atom is 0.115 e. The van der Waals surface area contributed by atoms with Gasteiger partial charge in [-0.25, -0.2) is 9.97 Å². The van der Waals surface area contributed by atoms with E-state index in [0.29, 0.717) is 6.54 Å². The van der Waals surface area contributed by atoms with Crippen LogP contribution in [0.4, 0.5) is 0 Å². The highest BCUT2D eigenvalue weighted by Gasteiger charge is 2.20. The summed E-state index contributed by atoms with van der Waals surface area (Å²) >= 11 is 0. The summed E-state index contributed by atoms with van der Waals surface area (Å²) in [6.07, 6.45) is 5.82. The van der Waals surface area contributed by atoms with Gasteiger partial charge in [0.25, 0.3) is 0 Å². The van der Waals surface area contributed by atoms with Gasteiger partial charge in [-0.05, 0) is 18.5 Å². The maximum atomic E-state index is 5.94. The third-order valence-electron chi connectivity index (χ3n) is 3.66. The number of rotatable bonds is 8. The highest BCUT2D eigenvalue weighted by molar-refractivity contribution is 5.05. The van der Waals surface area contributed by atoms with E-state index in [4.69, 9.17) is 5.73 Å². The number of likely N-dealkylation sites (N-methyl/N-ethyl adjacent to an activating group) is 1. The van der Waals surface area contributed by atoms with Crippen LogP contribution in [0.5, 0.6) is 0 Å². The summed E-state index contributed by atoms with van der Waals surface area (Å²) in [5, 5.41) is 0. The van der Waals surface area contributed by atoms with Gasteiger partial charge in [-0.15, -0.1) is 0 Å². The van der Waals surface area contributed by atoms with Crippen LogP contribution >= 0.6 is 0 Å². The molecule has 2 N–H and O–H groups in total. The highest BCUT2D eigenvalue weighted by atomic mass is 15.2. The predicted octanol–water partition coefficient (Wildman–Crippen LogP) is 2.23. The molecule has 1 unspecified atom stereocenters. The quantitative estimate of drug-likeness (QED) is 0.768. The summed E-state index contributed by atoms with van der Waals surface area (Å²) in [5.74, 6) is 0.737. The first kappa shape index (κ1) is 15.1. The van der Waals surface area contributed by atoms with Crippen molar-refractivity contribution in [3.05, 3.63) is 24.3 Å². The first-order chi connectivity index (χ1) is 8.76. The Balaban J connectivity index is 2.77. The normalized spacial score (nSPS) is 13.2. The van der Waals surface area contributed by atoms with Crippen LogP contribution in [-0.2, 0) is 0 Å². The third-order valence-corrected chi connectivity index (χ3v) is 3.66. The van der Waals surface area contributed by atoms with Gasteiger partial charge in [-0.1, -0.05) is 33.6 Å². The average molecular weight is 250 g/mol. The average Bonchev–Trinajstić information content (AvgIpc) is 2.44. The lowest BCUT2D eigenvalue weighted by atomic mass is 10.0. The number of nitrogens with two attached hydrogens (primary N) is 1. The van der Waals surface area contributed by atoms with Gasteiger partial charge in [0.2, 0.25) is 0 Å². The lowest BCUT2D eigenvalue weighted by molar-refractivity contribution is 0.171. The summed E-state index contributed by atoms with van der Waals surface area (Å²) in [6, 6.07) is 2.17. The van der Waals surface area contributed by atoms with Gasteiger partial charge in [0.1, 0.15) is 6.33 Å². The molecule has 1 aromatic rings. The van der Waals surface area contributed by atoms with Crippen LogP contribution in [0.15, 0.2) is 18.6 Å². The highest BCUT2D eigenvalue weighted by Crippen LogP contribution is 2.20. The predicted molar refractivity (Wildman–Crippen MR) is 75.1 cm³/mol. The number of nitrogens with zero attached hydrogens (tertiary/aromatic N) is 3. The Labute approximate surface area is 111 Å². The molecule has 0 fully saturated rings. The van der Waals surface area contributed by atoms with Crippen molar-refractivity contribution in [1.29, 1.82) is 0 Å². The Hall–Kier alpha value is -1.00. The summed E-state index contributed by atoms with van der Waals surface area (Å²) in [7, 11) is 0. The Morgan fingerprint density at radius 1 is 1.28 bits per heavy atom. The summed E-state index contributed by atoms with van der Waals surface area (Å²) in [5.41, 5.74) is 6.97. The Morgan fingerprint density at radius 3 is 2.44 bits per heavy atom. The summed E-state index contributed by atoms with van der Waals surface area (Å²) < 4.78 is 0. The van der Waals surface area contributed by atoms with Crippen molar-refractivity contribution in [3.8, 4) is 0 Å². The second kappa shape index (κ2) is 8.16. The van der Waals surface area contributed by atoms with E-state index >= 15 is 0 Å². The largest absolute Gasteiger partial charge is 0.329 e. The van der Waals surface area contributed by atoms with E-state index in [1.807, 2.05) is 6.07 Å². The maximum absolute atomic E-state index is 5.94. The van der Waals surface area contributed by atoms with E-state index in [0.717, 1.165) is 24.7 Å². The molecule has 0 aliphatic carbocycles. The fourth-order valence-electron chi connectivity index (χ4n) is 2.31. The van der Waals surface area contributed by atoms with Crippen molar-refractivity contribution in [2.24, 2.45) is 11.7 Å². The van der Waals surface area contributed by atoms with Gasteiger partial charge in [0.15, 0.2) is 0 Å².